The van der Waals surface area contributed by atoms with Gasteiger partial charge in [0.25, 0.3) is 9.84 Å². The molecule has 0 spiro atoms. The van der Waals surface area contributed by atoms with E-state index in [1.807, 2.05) is 12.1 Å². The molecule has 1 aliphatic rings. The molecule has 1 aliphatic heterocycles. The Morgan fingerprint density at radius 2 is 1.74 bits per heavy atom. The van der Waals surface area contributed by atoms with Crippen LogP contribution >= 0.6 is 22.6 Å². The van der Waals surface area contributed by atoms with Crippen LogP contribution in [0, 0.1) is 3.57 Å². The summed E-state index contributed by atoms with van der Waals surface area (Å²) in [6.45, 7) is 0. The standard InChI is InChI=1S/C10H10F3IN2O2S/c11-10(12,13)19(17,18)9-5-8(15-16-9)6-1-3-7(14)4-2-6/h1-4,8-9,15-16H,5H2. The van der Waals surface area contributed by atoms with E-state index < -0.39 is 26.8 Å². The minimum absolute atomic E-state index is 0.164. The highest BCUT2D eigenvalue weighted by atomic mass is 127. The lowest BCUT2D eigenvalue weighted by molar-refractivity contribution is -0.0446. The molecule has 0 amide bonds. The predicted molar refractivity (Wildman–Crippen MR) is 71.6 cm³/mol. The maximum absolute atomic E-state index is 12.4. The molecule has 0 bridgehead atoms. The predicted octanol–water partition coefficient (Wildman–Crippen LogP) is 2.09. The van der Waals surface area contributed by atoms with E-state index in [4.69, 9.17) is 0 Å². The van der Waals surface area contributed by atoms with E-state index in [0.717, 1.165) is 9.13 Å². The number of hydrazine groups is 1. The summed E-state index contributed by atoms with van der Waals surface area (Å²) in [4.78, 5) is 0. The molecule has 9 heteroatoms. The van der Waals surface area contributed by atoms with Gasteiger partial charge in [0.2, 0.25) is 0 Å². The number of alkyl halides is 3. The second-order valence-corrected chi connectivity index (χ2v) is 7.48. The van der Waals surface area contributed by atoms with Crippen LogP contribution in [0.5, 0.6) is 0 Å². The molecule has 0 radical (unpaired) electrons. The van der Waals surface area contributed by atoms with E-state index in [1.54, 1.807) is 12.1 Å². The molecule has 19 heavy (non-hydrogen) atoms. The van der Waals surface area contributed by atoms with Gasteiger partial charge in [0.05, 0.1) is 0 Å². The average molecular weight is 406 g/mol. The number of sulfone groups is 1. The Kier molecular flexibility index (Phi) is 4.10. The van der Waals surface area contributed by atoms with Crippen LogP contribution in [-0.2, 0) is 9.84 Å². The molecule has 1 aromatic rings. The molecular formula is C10H10F3IN2O2S. The Balaban J connectivity index is 2.15. The lowest BCUT2D eigenvalue weighted by atomic mass is 10.1. The summed E-state index contributed by atoms with van der Waals surface area (Å²) in [7, 11) is -5.20. The van der Waals surface area contributed by atoms with Gasteiger partial charge in [-0.15, -0.1) is 0 Å². The second-order valence-electron chi connectivity index (χ2n) is 4.11. The lowest BCUT2D eigenvalue weighted by Gasteiger charge is -2.13. The minimum atomic E-state index is -5.24. The average Bonchev–Trinajstić information content (AvgIpc) is 2.78. The van der Waals surface area contributed by atoms with Crippen LogP contribution in [0.1, 0.15) is 18.0 Å². The molecule has 2 rings (SSSR count). The van der Waals surface area contributed by atoms with Crippen LogP contribution in [0.15, 0.2) is 24.3 Å². The van der Waals surface area contributed by atoms with Crippen LogP contribution in [0.25, 0.3) is 0 Å². The van der Waals surface area contributed by atoms with E-state index in [-0.39, 0.29) is 6.42 Å². The zero-order valence-electron chi connectivity index (χ0n) is 9.41. The summed E-state index contributed by atoms with van der Waals surface area (Å²) in [6.07, 6.45) is -0.164. The third kappa shape index (κ3) is 3.03. The summed E-state index contributed by atoms with van der Waals surface area (Å²) in [5.74, 6) is 0. The fourth-order valence-corrected chi connectivity index (χ4v) is 3.16. The Labute approximate surface area is 121 Å². The van der Waals surface area contributed by atoms with Crippen molar-refractivity contribution in [2.24, 2.45) is 0 Å². The second kappa shape index (κ2) is 5.19. The monoisotopic (exact) mass is 406 g/mol. The number of benzene rings is 1. The van der Waals surface area contributed by atoms with E-state index in [9.17, 15) is 21.6 Å². The highest BCUT2D eigenvalue weighted by molar-refractivity contribution is 14.1. The Morgan fingerprint density at radius 1 is 1.16 bits per heavy atom. The Hall–Kier alpha value is -0.390. The van der Waals surface area contributed by atoms with Crippen LogP contribution in [0.4, 0.5) is 13.2 Å². The van der Waals surface area contributed by atoms with Crippen LogP contribution in [0.2, 0.25) is 0 Å². The third-order valence-corrected chi connectivity index (χ3v) is 5.26. The van der Waals surface area contributed by atoms with Gasteiger partial charge in [-0.1, -0.05) is 12.1 Å². The zero-order chi connectivity index (χ0) is 14.3. The maximum Gasteiger partial charge on any atom is 0.498 e. The molecule has 2 N–H and O–H groups in total. The SMILES string of the molecule is O=S(=O)(C1CC(c2ccc(I)cc2)NN1)C(F)(F)F. The van der Waals surface area contributed by atoms with Crippen molar-refractivity contribution in [3.05, 3.63) is 33.4 Å². The van der Waals surface area contributed by atoms with Crippen LogP contribution in [0.3, 0.4) is 0 Å². The Morgan fingerprint density at radius 3 is 2.26 bits per heavy atom. The number of rotatable bonds is 2. The van der Waals surface area contributed by atoms with Crippen molar-refractivity contribution in [2.45, 2.75) is 23.3 Å². The number of hydrogen-bond acceptors (Lipinski definition) is 4. The minimum Gasteiger partial charge on any atom is -0.249 e. The van der Waals surface area contributed by atoms with E-state index in [2.05, 4.69) is 33.4 Å². The van der Waals surface area contributed by atoms with Crippen molar-refractivity contribution in [3.63, 3.8) is 0 Å². The molecule has 106 valence electrons. The van der Waals surface area contributed by atoms with Crippen LogP contribution in [-0.4, -0.2) is 19.3 Å². The quantitative estimate of drug-likeness (QED) is 0.739. The maximum atomic E-state index is 12.4. The summed E-state index contributed by atoms with van der Waals surface area (Å²) in [5, 5.41) is -1.66. The topological polar surface area (TPSA) is 58.2 Å². The van der Waals surface area contributed by atoms with Crippen molar-refractivity contribution in [1.29, 1.82) is 0 Å². The number of hydrogen-bond donors (Lipinski definition) is 2. The first kappa shape index (κ1) is 15.0. The molecule has 0 aromatic heterocycles. The van der Waals surface area contributed by atoms with Crippen molar-refractivity contribution in [2.75, 3.05) is 0 Å². The first-order valence-corrected chi connectivity index (χ1v) is 7.91. The molecule has 1 saturated heterocycles. The normalized spacial score (nSPS) is 24.6. The fourth-order valence-electron chi connectivity index (χ4n) is 1.81. The summed E-state index contributed by atoms with van der Waals surface area (Å²) < 4.78 is 60.7. The summed E-state index contributed by atoms with van der Waals surface area (Å²) in [5.41, 5.74) is 0.296. The highest BCUT2D eigenvalue weighted by Crippen LogP contribution is 2.33. The van der Waals surface area contributed by atoms with Gasteiger partial charge in [-0.25, -0.2) is 19.3 Å². The van der Waals surface area contributed by atoms with Crippen molar-refractivity contribution in [3.8, 4) is 0 Å². The van der Waals surface area contributed by atoms with Gasteiger partial charge in [0.15, 0.2) is 0 Å². The van der Waals surface area contributed by atoms with Gasteiger partial charge in [-0.3, -0.25) is 0 Å². The van der Waals surface area contributed by atoms with E-state index >= 15 is 0 Å². The van der Waals surface area contributed by atoms with Gasteiger partial charge < -0.3 is 0 Å². The van der Waals surface area contributed by atoms with E-state index in [0.29, 0.717) is 0 Å². The number of halogens is 4. The Bertz CT molecular complexity index is 559. The van der Waals surface area contributed by atoms with Gasteiger partial charge in [0.1, 0.15) is 5.37 Å². The van der Waals surface area contributed by atoms with Crippen molar-refractivity contribution in [1.82, 2.24) is 10.9 Å². The molecule has 2 atom stereocenters. The fraction of sp³-hybridized carbons (Fsp3) is 0.400. The van der Waals surface area contributed by atoms with Gasteiger partial charge >= 0.3 is 5.51 Å². The van der Waals surface area contributed by atoms with Crippen molar-refractivity contribution >= 4 is 32.4 Å². The highest BCUT2D eigenvalue weighted by Gasteiger charge is 2.52. The van der Waals surface area contributed by atoms with Gasteiger partial charge in [-0.2, -0.15) is 13.2 Å². The lowest BCUT2D eigenvalue weighted by Crippen LogP contribution is -2.42. The summed E-state index contributed by atoms with van der Waals surface area (Å²) in [6, 6.07) is 6.67. The molecule has 2 unspecified atom stereocenters. The van der Waals surface area contributed by atoms with Crippen LogP contribution < -0.4 is 10.9 Å². The zero-order valence-corrected chi connectivity index (χ0v) is 12.4. The molecular weight excluding hydrogens is 396 g/mol. The molecule has 4 nitrogen and oxygen atoms in total. The number of nitrogens with one attached hydrogen (secondary N) is 2. The molecule has 1 heterocycles. The molecule has 1 fully saturated rings. The van der Waals surface area contributed by atoms with Gasteiger partial charge in [0, 0.05) is 9.61 Å². The van der Waals surface area contributed by atoms with Crippen molar-refractivity contribution < 1.29 is 21.6 Å². The van der Waals surface area contributed by atoms with E-state index in [1.165, 1.54) is 0 Å². The molecule has 0 saturated carbocycles. The first-order valence-electron chi connectivity index (χ1n) is 5.28. The van der Waals surface area contributed by atoms with Gasteiger partial charge in [-0.05, 0) is 46.7 Å². The molecule has 0 aliphatic carbocycles. The largest absolute Gasteiger partial charge is 0.498 e. The third-order valence-electron chi connectivity index (χ3n) is 2.84. The summed E-state index contributed by atoms with van der Waals surface area (Å²) >= 11 is 2.11. The molecule has 1 aromatic carbocycles. The first-order chi connectivity index (χ1) is 8.72. The smallest absolute Gasteiger partial charge is 0.249 e.